The van der Waals surface area contributed by atoms with Gasteiger partial charge in [0.15, 0.2) is 0 Å². The number of ether oxygens (including phenoxy) is 1. The van der Waals surface area contributed by atoms with Crippen LogP contribution in [0.3, 0.4) is 0 Å². The van der Waals surface area contributed by atoms with E-state index in [1.54, 1.807) is 18.2 Å². The minimum atomic E-state index is -3.81. The normalized spacial score (nSPS) is 10.8. The molecule has 92 valence electrons. The summed E-state index contributed by atoms with van der Waals surface area (Å²) in [5.74, 6) is 0.247. The summed E-state index contributed by atoms with van der Waals surface area (Å²) in [6.45, 7) is 7.05. The molecule has 0 aliphatic heterocycles. The summed E-state index contributed by atoms with van der Waals surface area (Å²) in [7, 11) is -3.81. The fourth-order valence-electron chi connectivity index (χ4n) is 1.13. The van der Waals surface area contributed by atoms with Gasteiger partial charge < -0.3 is 4.74 Å². The first-order chi connectivity index (χ1) is 8.11. The van der Waals surface area contributed by atoms with Gasteiger partial charge in [-0.15, -0.1) is 6.58 Å². The highest BCUT2D eigenvalue weighted by Crippen LogP contribution is 2.24. The molecule has 0 amide bonds. The summed E-state index contributed by atoms with van der Waals surface area (Å²) in [6.07, 6.45) is 2.90. The van der Waals surface area contributed by atoms with Crippen molar-refractivity contribution in [2.45, 2.75) is 4.90 Å². The van der Waals surface area contributed by atoms with E-state index in [2.05, 4.69) is 13.2 Å². The van der Waals surface area contributed by atoms with Gasteiger partial charge in [0, 0.05) is 0 Å². The lowest BCUT2D eigenvalue weighted by Crippen LogP contribution is -2.09. The number of rotatable bonds is 7. The van der Waals surface area contributed by atoms with Crippen LogP contribution in [0.15, 0.2) is 54.5 Å². The first-order valence-corrected chi connectivity index (χ1v) is 6.35. The number of para-hydroxylation sites is 1. The second kappa shape index (κ2) is 6.22. The van der Waals surface area contributed by atoms with Gasteiger partial charge in [-0.2, -0.15) is 8.42 Å². The molecule has 0 N–H and O–H groups in total. The fourth-order valence-corrected chi connectivity index (χ4v) is 2.15. The average Bonchev–Trinajstić information content (AvgIpc) is 2.34. The summed E-state index contributed by atoms with van der Waals surface area (Å²) in [4.78, 5) is 0.00343. The molecular formula is C12H14O4S. The van der Waals surface area contributed by atoms with Gasteiger partial charge in [-0.05, 0) is 12.1 Å². The molecule has 1 aromatic carbocycles. The zero-order chi connectivity index (χ0) is 12.7. The van der Waals surface area contributed by atoms with E-state index in [4.69, 9.17) is 8.92 Å². The summed E-state index contributed by atoms with van der Waals surface area (Å²) < 4.78 is 33.6. The summed E-state index contributed by atoms with van der Waals surface area (Å²) in [5, 5.41) is 0. The molecule has 0 aliphatic carbocycles. The first kappa shape index (κ1) is 13.5. The Balaban J connectivity index is 3.03. The predicted molar refractivity (Wildman–Crippen MR) is 65.5 cm³/mol. The quantitative estimate of drug-likeness (QED) is 0.552. The second-order valence-corrected chi connectivity index (χ2v) is 4.66. The van der Waals surface area contributed by atoms with Gasteiger partial charge in [-0.3, -0.25) is 4.18 Å². The van der Waals surface area contributed by atoms with E-state index in [0.717, 1.165) is 0 Å². The highest BCUT2D eigenvalue weighted by Gasteiger charge is 2.19. The molecule has 0 aliphatic rings. The third-order valence-electron chi connectivity index (χ3n) is 1.82. The maximum absolute atomic E-state index is 11.8. The zero-order valence-electron chi connectivity index (χ0n) is 9.33. The molecule has 4 nitrogen and oxygen atoms in total. The summed E-state index contributed by atoms with van der Waals surface area (Å²) >= 11 is 0. The van der Waals surface area contributed by atoms with Crippen LogP contribution in [0.25, 0.3) is 0 Å². The van der Waals surface area contributed by atoms with Gasteiger partial charge in [0.1, 0.15) is 17.3 Å². The molecule has 0 spiro atoms. The van der Waals surface area contributed by atoms with Crippen molar-refractivity contribution in [3.8, 4) is 5.75 Å². The monoisotopic (exact) mass is 254 g/mol. The van der Waals surface area contributed by atoms with Crippen molar-refractivity contribution in [3.63, 3.8) is 0 Å². The molecule has 0 fully saturated rings. The van der Waals surface area contributed by atoms with Crippen LogP contribution in [0.4, 0.5) is 0 Å². The van der Waals surface area contributed by atoms with Gasteiger partial charge in [-0.1, -0.05) is 30.9 Å². The van der Waals surface area contributed by atoms with Crippen LogP contribution in [-0.2, 0) is 14.3 Å². The Morgan fingerprint density at radius 3 is 2.41 bits per heavy atom. The van der Waals surface area contributed by atoms with E-state index in [1.807, 2.05) is 0 Å². The Hall–Kier alpha value is -1.59. The molecule has 0 atom stereocenters. The van der Waals surface area contributed by atoms with Crippen molar-refractivity contribution in [2.24, 2.45) is 0 Å². The number of hydrogen-bond donors (Lipinski definition) is 0. The van der Waals surface area contributed by atoms with Gasteiger partial charge in [0.25, 0.3) is 0 Å². The zero-order valence-corrected chi connectivity index (χ0v) is 10.2. The van der Waals surface area contributed by atoms with Crippen molar-refractivity contribution < 1.29 is 17.3 Å². The van der Waals surface area contributed by atoms with Crippen LogP contribution in [0.1, 0.15) is 0 Å². The predicted octanol–water partition coefficient (Wildman–Crippen LogP) is 2.14. The Bertz CT molecular complexity index is 491. The molecule has 17 heavy (non-hydrogen) atoms. The van der Waals surface area contributed by atoms with E-state index in [0.29, 0.717) is 0 Å². The Kier molecular flexibility index (Phi) is 4.93. The van der Waals surface area contributed by atoms with Crippen molar-refractivity contribution in [2.75, 3.05) is 13.2 Å². The molecule has 0 aromatic heterocycles. The molecule has 1 aromatic rings. The number of benzene rings is 1. The molecule has 1 rings (SSSR count). The van der Waals surface area contributed by atoms with E-state index < -0.39 is 10.1 Å². The third kappa shape index (κ3) is 3.72. The molecule has 0 bridgehead atoms. The lowest BCUT2D eigenvalue weighted by Gasteiger charge is -2.09. The maximum atomic E-state index is 11.8. The van der Waals surface area contributed by atoms with E-state index >= 15 is 0 Å². The minimum absolute atomic E-state index is 0.00343. The largest absolute Gasteiger partial charge is 0.488 e. The van der Waals surface area contributed by atoms with Crippen LogP contribution >= 0.6 is 0 Å². The van der Waals surface area contributed by atoms with Crippen molar-refractivity contribution >= 4 is 10.1 Å². The smallest absolute Gasteiger partial charge is 0.300 e. The van der Waals surface area contributed by atoms with Crippen molar-refractivity contribution in [1.29, 1.82) is 0 Å². The maximum Gasteiger partial charge on any atom is 0.300 e. The lowest BCUT2D eigenvalue weighted by molar-refractivity contribution is 0.335. The van der Waals surface area contributed by atoms with E-state index in [1.165, 1.54) is 18.2 Å². The van der Waals surface area contributed by atoms with Crippen LogP contribution in [0, 0.1) is 0 Å². The summed E-state index contributed by atoms with van der Waals surface area (Å²) in [6, 6.07) is 6.28. The highest BCUT2D eigenvalue weighted by molar-refractivity contribution is 7.86. The van der Waals surface area contributed by atoms with E-state index in [9.17, 15) is 8.42 Å². The first-order valence-electron chi connectivity index (χ1n) is 4.95. The molecule has 0 saturated carbocycles. The van der Waals surface area contributed by atoms with Crippen LogP contribution in [0.5, 0.6) is 5.75 Å². The molecule has 0 heterocycles. The van der Waals surface area contributed by atoms with Gasteiger partial charge >= 0.3 is 10.1 Å². The Morgan fingerprint density at radius 1 is 1.12 bits per heavy atom. The molecule has 0 radical (unpaired) electrons. The molecule has 5 heteroatoms. The second-order valence-electron chi connectivity index (χ2n) is 3.07. The van der Waals surface area contributed by atoms with Crippen molar-refractivity contribution in [3.05, 3.63) is 49.6 Å². The highest BCUT2D eigenvalue weighted by atomic mass is 32.2. The SMILES string of the molecule is C=CCOc1ccccc1S(=O)(=O)OCC=C. The standard InChI is InChI=1S/C12H14O4S/c1-3-9-15-11-7-5-6-8-12(11)17(13,14)16-10-4-2/h3-8H,1-2,9-10H2. The molecule has 0 unspecified atom stereocenters. The Morgan fingerprint density at radius 2 is 1.76 bits per heavy atom. The average molecular weight is 254 g/mol. The lowest BCUT2D eigenvalue weighted by atomic mass is 10.3. The topological polar surface area (TPSA) is 52.6 Å². The van der Waals surface area contributed by atoms with Crippen LogP contribution < -0.4 is 4.74 Å². The number of hydrogen-bond acceptors (Lipinski definition) is 4. The van der Waals surface area contributed by atoms with Gasteiger partial charge in [0.2, 0.25) is 0 Å². The third-order valence-corrected chi connectivity index (χ3v) is 3.14. The van der Waals surface area contributed by atoms with Crippen LogP contribution in [0.2, 0.25) is 0 Å². The van der Waals surface area contributed by atoms with Gasteiger partial charge in [0.05, 0.1) is 6.61 Å². The fraction of sp³-hybridized carbons (Fsp3) is 0.167. The van der Waals surface area contributed by atoms with Gasteiger partial charge in [-0.25, -0.2) is 0 Å². The minimum Gasteiger partial charge on any atom is -0.488 e. The van der Waals surface area contributed by atoms with E-state index in [-0.39, 0.29) is 23.9 Å². The summed E-state index contributed by atoms with van der Waals surface area (Å²) in [5.41, 5.74) is 0. The Labute approximate surface area is 101 Å². The van der Waals surface area contributed by atoms with Crippen molar-refractivity contribution in [1.82, 2.24) is 0 Å². The molecule has 0 saturated heterocycles. The van der Waals surface area contributed by atoms with Crippen LogP contribution in [-0.4, -0.2) is 21.6 Å². The molecular weight excluding hydrogens is 240 g/mol.